The summed E-state index contributed by atoms with van der Waals surface area (Å²) in [6.45, 7) is 4.11. The second-order valence-electron chi connectivity index (χ2n) is 8.83. The Labute approximate surface area is 217 Å². The molecule has 4 nitrogen and oxygen atoms in total. The average Bonchev–Trinajstić information content (AvgIpc) is 3.28. The molecule has 0 spiro atoms. The van der Waals surface area contributed by atoms with E-state index in [-0.39, 0.29) is 5.56 Å². The summed E-state index contributed by atoms with van der Waals surface area (Å²) < 4.78 is 2.34. The summed E-state index contributed by atoms with van der Waals surface area (Å²) in [4.78, 5) is 24.8. The lowest BCUT2D eigenvalue weighted by Gasteiger charge is -2.12. The van der Waals surface area contributed by atoms with Crippen LogP contribution in [-0.2, 0) is 0 Å². The van der Waals surface area contributed by atoms with E-state index in [0.29, 0.717) is 9.86 Å². The second kappa shape index (κ2) is 9.04. The van der Waals surface area contributed by atoms with Crippen LogP contribution in [0.4, 0.5) is 0 Å². The van der Waals surface area contributed by atoms with Crippen molar-refractivity contribution in [2.45, 2.75) is 19.0 Å². The third-order valence-corrected chi connectivity index (χ3v) is 8.01. The molecule has 0 saturated heterocycles. The fourth-order valence-electron chi connectivity index (χ4n) is 4.52. The van der Waals surface area contributed by atoms with Crippen molar-refractivity contribution in [2.24, 2.45) is 0 Å². The van der Waals surface area contributed by atoms with Crippen LogP contribution >= 0.6 is 23.1 Å². The number of thioether (sulfide) groups is 1. The predicted molar refractivity (Wildman–Crippen MR) is 153 cm³/mol. The van der Waals surface area contributed by atoms with Gasteiger partial charge in [0.15, 0.2) is 5.16 Å². The highest BCUT2D eigenvalue weighted by Crippen LogP contribution is 2.40. The molecule has 6 aromatic rings. The van der Waals surface area contributed by atoms with Crippen molar-refractivity contribution in [1.29, 1.82) is 0 Å². The number of aryl methyl sites for hydroxylation is 2. The highest BCUT2D eigenvalue weighted by molar-refractivity contribution is 7.98. The Bertz CT molecular complexity index is 1800. The molecule has 6 heteroatoms. The van der Waals surface area contributed by atoms with E-state index in [0.717, 1.165) is 49.4 Å². The summed E-state index contributed by atoms with van der Waals surface area (Å²) in [5.41, 5.74) is 7.83. The number of pyridine rings is 1. The first-order valence-electron chi connectivity index (χ1n) is 11.7. The molecule has 36 heavy (non-hydrogen) atoms. The number of nitrogens with zero attached hydrogens (tertiary/aromatic N) is 3. The highest BCUT2D eigenvalue weighted by atomic mass is 32.2. The number of fused-ring (bicyclic) bond motifs is 3. The molecule has 0 aliphatic rings. The van der Waals surface area contributed by atoms with E-state index in [9.17, 15) is 4.79 Å². The number of hydrogen-bond acceptors (Lipinski definition) is 5. The summed E-state index contributed by atoms with van der Waals surface area (Å²) in [7, 11) is 0. The fourth-order valence-corrected chi connectivity index (χ4v) is 6.14. The van der Waals surface area contributed by atoms with Crippen LogP contribution in [0.5, 0.6) is 0 Å². The van der Waals surface area contributed by atoms with Gasteiger partial charge in [-0.1, -0.05) is 84.1 Å². The van der Waals surface area contributed by atoms with Crippen molar-refractivity contribution in [3.63, 3.8) is 0 Å². The minimum Gasteiger partial charge on any atom is -0.267 e. The molecule has 0 saturated carbocycles. The summed E-state index contributed by atoms with van der Waals surface area (Å²) in [5, 5.41) is 1.60. The van der Waals surface area contributed by atoms with Crippen LogP contribution in [0.15, 0.2) is 94.9 Å². The summed E-state index contributed by atoms with van der Waals surface area (Å²) in [6, 6.07) is 28.8. The molecular formula is C30H23N3OS2. The Hall–Kier alpha value is -3.74. The van der Waals surface area contributed by atoms with Crippen molar-refractivity contribution in [2.75, 3.05) is 6.26 Å². The standard InChI is InChI=1S/C30H23N3OS2/c1-18-12-14-21(15-13-18)24-17-23(20-9-5-4-6-10-20)25-26-27(36-28(25)31-24)29(34)33(30(32-26)35-3)22-11-7-8-19(2)16-22/h4-17H,1-3H3. The van der Waals surface area contributed by atoms with Gasteiger partial charge in [-0.15, -0.1) is 11.3 Å². The van der Waals surface area contributed by atoms with E-state index in [2.05, 4.69) is 49.4 Å². The summed E-state index contributed by atoms with van der Waals surface area (Å²) in [5.74, 6) is 0. The Morgan fingerprint density at radius 3 is 2.31 bits per heavy atom. The van der Waals surface area contributed by atoms with E-state index >= 15 is 0 Å². The quantitative estimate of drug-likeness (QED) is 0.182. The van der Waals surface area contributed by atoms with Gasteiger partial charge < -0.3 is 0 Å². The van der Waals surface area contributed by atoms with Gasteiger partial charge in [0.05, 0.1) is 16.9 Å². The normalized spacial score (nSPS) is 11.4. The molecule has 0 fully saturated rings. The number of rotatable bonds is 4. The fraction of sp³-hybridized carbons (Fsp3) is 0.100. The van der Waals surface area contributed by atoms with Gasteiger partial charge in [0.25, 0.3) is 5.56 Å². The lowest BCUT2D eigenvalue weighted by molar-refractivity contribution is 0.824. The molecule has 3 heterocycles. The van der Waals surface area contributed by atoms with Crippen molar-refractivity contribution in [3.8, 4) is 28.1 Å². The van der Waals surface area contributed by atoms with Gasteiger partial charge in [-0.3, -0.25) is 9.36 Å². The van der Waals surface area contributed by atoms with Crippen molar-refractivity contribution < 1.29 is 0 Å². The van der Waals surface area contributed by atoms with Gasteiger partial charge in [0.1, 0.15) is 9.53 Å². The maximum absolute atomic E-state index is 13.9. The van der Waals surface area contributed by atoms with Crippen molar-refractivity contribution >= 4 is 43.5 Å². The first-order chi connectivity index (χ1) is 17.5. The predicted octanol–water partition coefficient (Wildman–Crippen LogP) is 7.67. The second-order valence-corrected chi connectivity index (χ2v) is 10.6. The lowest BCUT2D eigenvalue weighted by Crippen LogP contribution is -2.20. The monoisotopic (exact) mass is 505 g/mol. The number of benzene rings is 3. The van der Waals surface area contributed by atoms with Crippen LogP contribution in [0.1, 0.15) is 11.1 Å². The molecular weight excluding hydrogens is 482 g/mol. The van der Waals surface area contributed by atoms with Crippen molar-refractivity contribution in [3.05, 3.63) is 106 Å². The zero-order chi connectivity index (χ0) is 24.8. The van der Waals surface area contributed by atoms with E-state index in [1.54, 1.807) is 4.57 Å². The van der Waals surface area contributed by atoms with Gasteiger partial charge in [-0.05, 0) is 55.0 Å². The number of thiophene rings is 1. The Morgan fingerprint density at radius 2 is 1.58 bits per heavy atom. The van der Waals surface area contributed by atoms with Gasteiger partial charge >= 0.3 is 0 Å². The summed E-state index contributed by atoms with van der Waals surface area (Å²) in [6.07, 6.45) is 1.96. The topological polar surface area (TPSA) is 47.8 Å². The molecule has 0 aliphatic carbocycles. The zero-order valence-corrected chi connectivity index (χ0v) is 21.8. The number of hydrogen-bond donors (Lipinski definition) is 0. The lowest BCUT2D eigenvalue weighted by atomic mass is 9.99. The Morgan fingerprint density at radius 1 is 0.806 bits per heavy atom. The molecule has 176 valence electrons. The largest absolute Gasteiger partial charge is 0.276 e. The van der Waals surface area contributed by atoms with Gasteiger partial charge in [-0.25, -0.2) is 9.97 Å². The molecule has 6 rings (SSSR count). The first kappa shape index (κ1) is 22.7. The van der Waals surface area contributed by atoms with Crippen molar-refractivity contribution in [1.82, 2.24) is 14.5 Å². The third kappa shape index (κ3) is 3.83. The van der Waals surface area contributed by atoms with Gasteiger partial charge in [0, 0.05) is 10.9 Å². The molecule has 0 radical (unpaired) electrons. The molecule has 3 aromatic heterocycles. The Kier molecular flexibility index (Phi) is 5.70. The van der Waals surface area contributed by atoms with E-state index in [4.69, 9.17) is 9.97 Å². The number of aromatic nitrogens is 3. The molecule has 0 unspecified atom stereocenters. The van der Waals surface area contributed by atoms with Crippen LogP contribution in [0.25, 0.3) is 48.5 Å². The molecule has 0 N–H and O–H groups in total. The minimum absolute atomic E-state index is 0.0613. The molecule has 0 amide bonds. The van der Waals surface area contributed by atoms with Crippen LogP contribution < -0.4 is 5.56 Å². The highest BCUT2D eigenvalue weighted by Gasteiger charge is 2.21. The SMILES string of the molecule is CSc1nc2c(sc3nc(-c4ccc(C)cc4)cc(-c4ccccc4)c32)c(=O)n1-c1cccc(C)c1. The van der Waals surface area contributed by atoms with E-state index in [1.165, 1.54) is 28.7 Å². The minimum atomic E-state index is -0.0613. The van der Waals surface area contributed by atoms with Crippen LogP contribution in [-0.4, -0.2) is 20.8 Å². The van der Waals surface area contributed by atoms with E-state index in [1.807, 2.05) is 55.6 Å². The maximum atomic E-state index is 13.9. The molecule has 0 atom stereocenters. The third-order valence-electron chi connectivity index (χ3n) is 6.31. The maximum Gasteiger partial charge on any atom is 0.276 e. The van der Waals surface area contributed by atoms with E-state index < -0.39 is 0 Å². The molecule has 0 bridgehead atoms. The van der Waals surface area contributed by atoms with Gasteiger partial charge in [0.2, 0.25) is 0 Å². The molecule has 3 aromatic carbocycles. The first-order valence-corrected chi connectivity index (χ1v) is 13.7. The van der Waals surface area contributed by atoms with Crippen LogP contribution in [0.2, 0.25) is 0 Å². The zero-order valence-electron chi connectivity index (χ0n) is 20.1. The van der Waals surface area contributed by atoms with Gasteiger partial charge in [-0.2, -0.15) is 0 Å². The molecule has 0 aliphatic heterocycles. The smallest absolute Gasteiger partial charge is 0.267 e. The Balaban J connectivity index is 1.71. The average molecular weight is 506 g/mol. The summed E-state index contributed by atoms with van der Waals surface area (Å²) >= 11 is 2.90. The van der Waals surface area contributed by atoms with Crippen LogP contribution in [0, 0.1) is 13.8 Å². The van der Waals surface area contributed by atoms with Crippen LogP contribution in [0.3, 0.4) is 0 Å².